The topological polar surface area (TPSA) is 31.4 Å². The van der Waals surface area contributed by atoms with Gasteiger partial charge in [0.15, 0.2) is 25.3 Å². The van der Waals surface area contributed by atoms with Crippen LogP contribution in [0.15, 0.2) is 18.3 Å². The molecule has 126 valence electrons. The van der Waals surface area contributed by atoms with Crippen molar-refractivity contribution >= 4 is 19.9 Å². The lowest BCUT2D eigenvalue weighted by atomic mass is 10.4. The average molecular weight is 356 g/mol. The van der Waals surface area contributed by atoms with Gasteiger partial charge in [-0.2, -0.15) is 13.2 Å². The van der Waals surface area contributed by atoms with Crippen LogP contribution in [-0.4, -0.2) is 32.2 Å². The van der Waals surface area contributed by atoms with Gasteiger partial charge in [0.1, 0.15) is 6.61 Å². The van der Waals surface area contributed by atoms with Crippen LogP contribution >= 0.6 is 11.6 Å². The molecule has 22 heavy (non-hydrogen) atoms. The molecule has 0 aliphatic heterocycles. The zero-order valence-corrected chi connectivity index (χ0v) is 14.7. The van der Waals surface area contributed by atoms with E-state index in [4.69, 9.17) is 20.8 Å². The van der Waals surface area contributed by atoms with E-state index in [1.807, 2.05) is 6.92 Å². The minimum absolute atomic E-state index is 0.0333. The Morgan fingerprint density at radius 3 is 2.59 bits per heavy atom. The summed E-state index contributed by atoms with van der Waals surface area (Å²) in [4.78, 5) is 3.76. The molecule has 1 aromatic rings. The maximum atomic E-state index is 13.1. The van der Waals surface area contributed by atoms with E-state index >= 15 is 0 Å². The Morgan fingerprint density at radius 1 is 1.36 bits per heavy atom. The van der Waals surface area contributed by atoms with Crippen molar-refractivity contribution in [1.82, 2.24) is 4.98 Å². The van der Waals surface area contributed by atoms with Gasteiger partial charge in [0.25, 0.3) is 0 Å². The summed E-state index contributed by atoms with van der Waals surface area (Å²) in [6, 6.07) is 3.71. The number of hydrogen-bond donors (Lipinski definition) is 0. The maximum absolute atomic E-state index is 13.1. The maximum Gasteiger partial charge on any atom is 0.416 e. The van der Waals surface area contributed by atoms with E-state index in [1.165, 1.54) is 12.3 Å². The van der Waals surface area contributed by atoms with Crippen LogP contribution in [-0.2, 0) is 4.43 Å². The third-order valence-electron chi connectivity index (χ3n) is 3.07. The molecular weight excluding hydrogens is 335 g/mol. The van der Waals surface area contributed by atoms with Crippen LogP contribution in [0, 0.1) is 0 Å². The second-order valence-corrected chi connectivity index (χ2v) is 10.2. The van der Waals surface area contributed by atoms with Crippen molar-refractivity contribution in [3.05, 3.63) is 23.5 Å². The molecule has 0 aliphatic carbocycles. The molecule has 0 aromatic carbocycles. The highest BCUT2D eigenvalue weighted by atomic mass is 35.5. The predicted molar refractivity (Wildman–Crippen MR) is 82.9 cm³/mol. The number of pyridine rings is 1. The Bertz CT molecular complexity index is 472. The van der Waals surface area contributed by atoms with Crippen molar-refractivity contribution in [2.75, 3.05) is 6.61 Å². The van der Waals surface area contributed by atoms with E-state index in [0.717, 1.165) is 12.8 Å². The quantitative estimate of drug-likeness (QED) is 0.482. The van der Waals surface area contributed by atoms with Crippen molar-refractivity contribution in [3.63, 3.8) is 0 Å². The number of halogens is 4. The summed E-state index contributed by atoms with van der Waals surface area (Å²) in [6.07, 6.45) is -3.21. The summed E-state index contributed by atoms with van der Waals surface area (Å²) < 4.78 is 50.0. The van der Waals surface area contributed by atoms with Gasteiger partial charge in [-0.15, -0.1) is 0 Å². The highest BCUT2D eigenvalue weighted by Gasteiger charge is 2.44. The van der Waals surface area contributed by atoms with E-state index in [9.17, 15) is 13.2 Å². The molecule has 0 aliphatic rings. The number of ether oxygens (including phenoxy) is 1. The standard InChI is InChI=1S/C14H21ClF3NO2Si/c1-4-5-9-22(2,3)21-12(14(16,17)18)10-20-11-7-6-8-19-13(11)15/h6-8,12H,4-5,9-10H2,1-3H3. The lowest BCUT2D eigenvalue weighted by Gasteiger charge is -2.30. The Labute approximate surface area is 134 Å². The number of alkyl halides is 3. The lowest BCUT2D eigenvalue weighted by molar-refractivity contribution is -0.204. The summed E-state index contributed by atoms with van der Waals surface area (Å²) in [5, 5.41) is 0.0333. The molecule has 0 radical (unpaired) electrons. The van der Waals surface area contributed by atoms with Crippen molar-refractivity contribution in [1.29, 1.82) is 0 Å². The zero-order chi connectivity index (χ0) is 16.8. The van der Waals surface area contributed by atoms with Crippen molar-refractivity contribution < 1.29 is 22.3 Å². The molecule has 0 spiro atoms. The Balaban J connectivity index is 2.72. The Hall–Kier alpha value is -0.793. The van der Waals surface area contributed by atoms with Crippen molar-refractivity contribution in [3.8, 4) is 5.75 Å². The largest absolute Gasteiger partial charge is 0.487 e. The molecule has 1 heterocycles. The Morgan fingerprint density at radius 2 is 2.05 bits per heavy atom. The van der Waals surface area contributed by atoms with Gasteiger partial charge in [-0.3, -0.25) is 0 Å². The summed E-state index contributed by atoms with van der Waals surface area (Å²) in [6.45, 7) is 4.95. The predicted octanol–water partition coefficient (Wildman–Crippen LogP) is 5.07. The van der Waals surface area contributed by atoms with E-state index in [0.29, 0.717) is 6.04 Å². The number of unbranched alkanes of at least 4 members (excludes halogenated alkanes) is 1. The minimum Gasteiger partial charge on any atom is -0.487 e. The van der Waals surface area contributed by atoms with Gasteiger partial charge in [-0.05, 0) is 31.3 Å². The fourth-order valence-electron chi connectivity index (χ4n) is 1.89. The molecule has 0 saturated heterocycles. The summed E-state index contributed by atoms with van der Waals surface area (Å²) in [5.41, 5.74) is 0. The Kier molecular flexibility index (Phi) is 7.15. The van der Waals surface area contributed by atoms with E-state index in [-0.39, 0.29) is 10.9 Å². The van der Waals surface area contributed by atoms with Crippen LogP contribution in [0.5, 0.6) is 5.75 Å². The molecule has 8 heteroatoms. The molecule has 1 rings (SSSR count). The average Bonchev–Trinajstić information content (AvgIpc) is 2.41. The van der Waals surface area contributed by atoms with Crippen LogP contribution < -0.4 is 4.74 Å². The number of aromatic nitrogens is 1. The fraction of sp³-hybridized carbons (Fsp3) is 0.643. The van der Waals surface area contributed by atoms with Gasteiger partial charge in [0.2, 0.25) is 0 Å². The van der Waals surface area contributed by atoms with E-state index in [2.05, 4.69) is 4.98 Å². The van der Waals surface area contributed by atoms with Crippen LogP contribution in [0.2, 0.25) is 24.3 Å². The first-order valence-corrected chi connectivity index (χ1v) is 10.6. The molecule has 1 unspecified atom stereocenters. The van der Waals surface area contributed by atoms with Crippen LogP contribution in [0.4, 0.5) is 13.2 Å². The zero-order valence-electron chi connectivity index (χ0n) is 12.9. The molecular formula is C14H21ClF3NO2Si. The van der Waals surface area contributed by atoms with Gasteiger partial charge in [0.05, 0.1) is 0 Å². The minimum atomic E-state index is -4.48. The lowest BCUT2D eigenvalue weighted by Crippen LogP contribution is -2.45. The van der Waals surface area contributed by atoms with Crippen molar-refractivity contribution in [2.24, 2.45) is 0 Å². The van der Waals surface area contributed by atoms with Gasteiger partial charge in [0, 0.05) is 6.20 Å². The summed E-state index contributed by atoms with van der Waals surface area (Å²) in [7, 11) is -2.40. The van der Waals surface area contributed by atoms with Crippen LogP contribution in [0.3, 0.4) is 0 Å². The molecule has 0 N–H and O–H groups in total. The summed E-state index contributed by atoms with van der Waals surface area (Å²) in [5.74, 6) is 0.120. The molecule has 0 saturated carbocycles. The molecule has 1 atom stereocenters. The fourth-order valence-corrected chi connectivity index (χ4v) is 4.35. The number of nitrogens with zero attached hydrogens (tertiary/aromatic N) is 1. The first-order chi connectivity index (χ1) is 10.2. The van der Waals surface area contributed by atoms with Crippen LogP contribution in [0.1, 0.15) is 19.8 Å². The van der Waals surface area contributed by atoms with E-state index < -0.39 is 27.2 Å². The summed E-state index contributed by atoms with van der Waals surface area (Å²) >= 11 is 5.77. The molecule has 0 bridgehead atoms. The molecule has 0 fully saturated rings. The van der Waals surface area contributed by atoms with E-state index in [1.54, 1.807) is 19.2 Å². The van der Waals surface area contributed by atoms with Crippen LogP contribution in [0.25, 0.3) is 0 Å². The number of rotatable bonds is 8. The smallest absolute Gasteiger partial charge is 0.416 e. The van der Waals surface area contributed by atoms with Gasteiger partial charge >= 0.3 is 6.18 Å². The first-order valence-electron chi connectivity index (χ1n) is 7.13. The second-order valence-electron chi connectivity index (χ2n) is 5.61. The normalized spacial score (nSPS) is 14.0. The number of hydrogen-bond acceptors (Lipinski definition) is 3. The monoisotopic (exact) mass is 355 g/mol. The second kappa shape index (κ2) is 8.17. The third-order valence-corrected chi connectivity index (χ3v) is 5.84. The third kappa shape index (κ3) is 6.54. The van der Waals surface area contributed by atoms with Crippen molar-refractivity contribution in [2.45, 2.75) is 51.2 Å². The molecule has 3 nitrogen and oxygen atoms in total. The van der Waals surface area contributed by atoms with Gasteiger partial charge < -0.3 is 9.16 Å². The molecule has 1 aromatic heterocycles. The highest BCUT2D eigenvalue weighted by Crippen LogP contribution is 2.29. The first kappa shape index (κ1) is 19.3. The molecule has 0 amide bonds. The highest BCUT2D eigenvalue weighted by molar-refractivity contribution is 6.71. The van der Waals surface area contributed by atoms with Gasteiger partial charge in [-0.25, -0.2) is 4.98 Å². The SMILES string of the molecule is CCCC[Si](C)(C)OC(COc1cccnc1Cl)C(F)(F)F. The van der Waals surface area contributed by atoms with Gasteiger partial charge in [-0.1, -0.05) is 31.4 Å².